The molecule has 0 fully saturated rings. The van der Waals surface area contributed by atoms with Crippen molar-refractivity contribution in [3.8, 4) is 0 Å². The lowest BCUT2D eigenvalue weighted by Crippen LogP contribution is -2.24. The highest BCUT2D eigenvalue weighted by molar-refractivity contribution is 6.32. The topological polar surface area (TPSA) is 47.8 Å². The first-order chi connectivity index (χ1) is 5.91. The van der Waals surface area contributed by atoms with Gasteiger partial charge in [0.1, 0.15) is 12.2 Å². The zero-order chi connectivity index (χ0) is 10.1. The summed E-state index contributed by atoms with van der Waals surface area (Å²) in [6.45, 7) is 0. The Labute approximate surface area is 77.5 Å². The third-order valence-electron chi connectivity index (χ3n) is 1.44. The summed E-state index contributed by atoms with van der Waals surface area (Å²) in [5, 5.41) is -0.210. The molecule has 72 valence electrons. The van der Waals surface area contributed by atoms with Crippen molar-refractivity contribution < 1.29 is 13.6 Å². The Hall–Kier alpha value is -1.04. The number of aromatic nitrogens is 3. The molecule has 0 N–H and O–H groups in total. The minimum atomic E-state index is -3.83. The zero-order valence-electron chi connectivity index (χ0n) is 6.67. The van der Waals surface area contributed by atoms with Crippen molar-refractivity contribution in [2.75, 3.05) is 0 Å². The van der Waals surface area contributed by atoms with Gasteiger partial charge in [-0.2, -0.15) is 13.9 Å². The van der Waals surface area contributed by atoms with E-state index in [-0.39, 0.29) is 5.82 Å². The second-order valence-electron chi connectivity index (χ2n) is 2.40. The first kappa shape index (κ1) is 10.0. The summed E-state index contributed by atoms with van der Waals surface area (Å²) in [5.74, 6) is -1.23. The Morgan fingerprint density at radius 2 is 2.38 bits per heavy atom. The maximum atomic E-state index is 12.2. The third kappa shape index (κ3) is 2.45. The van der Waals surface area contributed by atoms with Crippen LogP contribution in [0.2, 0.25) is 0 Å². The quantitative estimate of drug-likeness (QED) is 0.691. The first-order valence-electron chi connectivity index (χ1n) is 3.34. The monoisotopic (exact) mass is 209 g/mol. The molecule has 7 heteroatoms. The van der Waals surface area contributed by atoms with E-state index in [2.05, 4.69) is 21.7 Å². The molecule has 0 aliphatic carbocycles. The first-order valence-corrected chi connectivity index (χ1v) is 3.72. The highest BCUT2D eigenvalue weighted by Crippen LogP contribution is 2.21. The molecule has 0 radical (unpaired) electrons. The van der Waals surface area contributed by atoms with Gasteiger partial charge in [0.25, 0.3) is 0 Å². The molecule has 1 aromatic rings. The summed E-state index contributed by atoms with van der Waals surface area (Å²) in [6, 6.07) is 0. The van der Waals surface area contributed by atoms with Gasteiger partial charge in [-0.1, -0.05) is 0 Å². The molecule has 0 aromatic carbocycles. The Morgan fingerprint density at radius 3 is 2.77 bits per heavy atom. The Kier molecular flexibility index (Phi) is 2.60. The summed E-state index contributed by atoms with van der Waals surface area (Å²) in [4.78, 5) is 14.3. The number of alkyl halides is 3. The predicted molar refractivity (Wildman–Crippen MR) is 40.5 cm³/mol. The highest BCUT2D eigenvalue weighted by atomic mass is 35.5. The van der Waals surface area contributed by atoms with Crippen molar-refractivity contribution in [2.45, 2.75) is 11.8 Å². The van der Waals surface area contributed by atoms with E-state index in [1.807, 2.05) is 0 Å². The molecular weight excluding hydrogens is 204 g/mol. The molecule has 0 aliphatic heterocycles. The molecule has 4 nitrogen and oxygen atoms in total. The van der Waals surface area contributed by atoms with Gasteiger partial charge in [0.15, 0.2) is 0 Å². The number of aryl methyl sites for hydroxylation is 1. The van der Waals surface area contributed by atoms with E-state index in [0.29, 0.717) is 0 Å². The van der Waals surface area contributed by atoms with Crippen LogP contribution >= 0.6 is 11.6 Å². The molecule has 0 unspecified atom stereocenters. The largest absolute Gasteiger partial charge is 0.380 e. The number of halogens is 3. The van der Waals surface area contributed by atoms with Crippen LogP contribution in [0.25, 0.3) is 0 Å². The summed E-state index contributed by atoms with van der Waals surface area (Å²) in [5.41, 5.74) is 0. The number of hydrogen-bond acceptors (Lipinski definition) is 3. The highest BCUT2D eigenvalue weighted by Gasteiger charge is 2.35. The normalized spacial score (nSPS) is 11.7. The molecule has 0 spiro atoms. The summed E-state index contributed by atoms with van der Waals surface area (Å²) in [7, 11) is 1.50. The smallest absolute Gasteiger partial charge is 0.291 e. The Bertz CT molecular complexity index is 320. The molecule has 0 aliphatic rings. The van der Waals surface area contributed by atoms with Gasteiger partial charge < -0.3 is 0 Å². The lowest BCUT2D eigenvalue weighted by molar-refractivity contribution is -0.132. The second-order valence-corrected chi connectivity index (χ2v) is 2.87. The van der Waals surface area contributed by atoms with Crippen LogP contribution in [-0.2, 0) is 18.3 Å². The molecule has 0 saturated carbocycles. The molecule has 0 amide bonds. The van der Waals surface area contributed by atoms with Gasteiger partial charge in [-0.25, -0.2) is 4.98 Å². The molecule has 1 rings (SSSR count). The van der Waals surface area contributed by atoms with Crippen molar-refractivity contribution in [3.63, 3.8) is 0 Å². The predicted octanol–water partition coefficient (Wildman–Crippen LogP) is 0.758. The van der Waals surface area contributed by atoms with Crippen molar-refractivity contribution in [1.82, 2.24) is 14.8 Å². The molecule has 1 heterocycles. The number of rotatable bonds is 3. The van der Waals surface area contributed by atoms with Crippen LogP contribution in [0.3, 0.4) is 0 Å². The number of carbonyl (C=O) groups excluding carboxylic acids is 1. The van der Waals surface area contributed by atoms with E-state index >= 15 is 0 Å². The van der Waals surface area contributed by atoms with Gasteiger partial charge in [-0.3, -0.25) is 9.48 Å². The third-order valence-corrected chi connectivity index (χ3v) is 1.65. The number of hydrogen-bond donors (Lipinski definition) is 0. The van der Waals surface area contributed by atoms with Crippen molar-refractivity contribution in [2.24, 2.45) is 7.05 Å². The molecule has 13 heavy (non-hydrogen) atoms. The van der Waals surface area contributed by atoms with Crippen LogP contribution < -0.4 is 0 Å². The van der Waals surface area contributed by atoms with E-state index in [9.17, 15) is 13.6 Å². The standard InChI is InChI=1S/C6H6ClF2N3O/c1-12-5(10-3-11-12)2-4(13)6(7,8)9/h3H,2H2,1H3. The molecule has 0 bridgehead atoms. The number of carbonyl (C=O) groups is 1. The van der Waals surface area contributed by atoms with E-state index in [1.54, 1.807) is 0 Å². The molecule has 0 atom stereocenters. The molecule has 0 saturated heterocycles. The lowest BCUT2D eigenvalue weighted by atomic mass is 10.3. The Balaban J connectivity index is 2.71. The molecule has 1 aromatic heterocycles. The van der Waals surface area contributed by atoms with Crippen LogP contribution in [0.5, 0.6) is 0 Å². The van der Waals surface area contributed by atoms with Crippen LogP contribution in [0, 0.1) is 0 Å². The van der Waals surface area contributed by atoms with Crippen LogP contribution in [0.1, 0.15) is 5.82 Å². The number of Topliss-reactive ketones (excluding diaryl/α,β-unsaturated/α-hetero) is 1. The minimum Gasteiger partial charge on any atom is -0.291 e. The summed E-state index contributed by atoms with van der Waals surface area (Å²) >= 11 is 4.51. The van der Waals surface area contributed by atoms with Crippen LogP contribution in [0.4, 0.5) is 8.78 Å². The van der Waals surface area contributed by atoms with Gasteiger partial charge >= 0.3 is 5.38 Å². The van der Waals surface area contributed by atoms with E-state index < -0.39 is 17.6 Å². The number of nitrogens with zero attached hydrogens (tertiary/aromatic N) is 3. The fourth-order valence-corrected chi connectivity index (χ4v) is 0.791. The maximum absolute atomic E-state index is 12.2. The van der Waals surface area contributed by atoms with E-state index in [1.165, 1.54) is 18.1 Å². The Morgan fingerprint density at radius 1 is 1.77 bits per heavy atom. The summed E-state index contributed by atoms with van der Waals surface area (Å²) < 4.78 is 25.6. The van der Waals surface area contributed by atoms with Gasteiger partial charge in [0, 0.05) is 7.05 Å². The fourth-order valence-electron chi connectivity index (χ4n) is 0.724. The van der Waals surface area contributed by atoms with E-state index in [0.717, 1.165) is 0 Å². The van der Waals surface area contributed by atoms with Crippen LogP contribution in [-0.4, -0.2) is 25.9 Å². The fraction of sp³-hybridized carbons (Fsp3) is 0.500. The van der Waals surface area contributed by atoms with Crippen molar-refractivity contribution in [3.05, 3.63) is 12.2 Å². The van der Waals surface area contributed by atoms with Gasteiger partial charge in [0.05, 0.1) is 6.42 Å². The minimum absolute atomic E-state index is 0.158. The number of ketones is 1. The van der Waals surface area contributed by atoms with Crippen molar-refractivity contribution in [1.29, 1.82) is 0 Å². The maximum Gasteiger partial charge on any atom is 0.380 e. The SMILES string of the molecule is Cn1ncnc1CC(=O)C(F)(F)Cl. The average Bonchev–Trinajstić information content (AvgIpc) is 2.34. The lowest BCUT2D eigenvalue weighted by Gasteiger charge is -2.04. The second kappa shape index (κ2) is 3.37. The van der Waals surface area contributed by atoms with Gasteiger partial charge in [-0.05, 0) is 11.6 Å². The summed E-state index contributed by atoms with van der Waals surface area (Å²) in [6.07, 6.45) is 0.655. The van der Waals surface area contributed by atoms with Crippen LogP contribution in [0.15, 0.2) is 6.33 Å². The zero-order valence-corrected chi connectivity index (χ0v) is 7.42. The average molecular weight is 210 g/mol. The van der Waals surface area contributed by atoms with E-state index in [4.69, 9.17) is 0 Å². The molecular formula is C6H6ClF2N3O. The van der Waals surface area contributed by atoms with Crippen molar-refractivity contribution >= 4 is 17.4 Å². The van der Waals surface area contributed by atoms with Gasteiger partial charge in [0.2, 0.25) is 5.78 Å². The van der Waals surface area contributed by atoms with Gasteiger partial charge in [-0.15, -0.1) is 0 Å².